The predicted octanol–water partition coefficient (Wildman–Crippen LogP) is 1.61. The highest BCUT2D eigenvalue weighted by molar-refractivity contribution is 4.96. The molecule has 0 aliphatic carbocycles. The van der Waals surface area contributed by atoms with E-state index in [1.54, 1.807) is 6.26 Å². The molecule has 2 rings (SSSR count). The Morgan fingerprint density at radius 1 is 1.69 bits per heavy atom. The summed E-state index contributed by atoms with van der Waals surface area (Å²) in [5.74, 6) is 0. The number of alkyl halides is 1. The molecule has 0 aromatic carbocycles. The molecule has 1 aromatic rings. The third kappa shape index (κ3) is 1.88. The van der Waals surface area contributed by atoms with Crippen molar-refractivity contribution in [1.82, 2.24) is 10.1 Å². The Bertz CT molecular complexity index is 250. The van der Waals surface area contributed by atoms with Crippen LogP contribution < -0.4 is 0 Å². The van der Waals surface area contributed by atoms with E-state index in [1.165, 1.54) is 0 Å². The second-order valence-electron chi connectivity index (χ2n) is 3.41. The van der Waals surface area contributed by atoms with Crippen molar-refractivity contribution < 1.29 is 8.91 Å². The molecule has 0 spiro atoms. The van der Waals surface area contributed by atoms with Crippen LogP contribution >= 0.6 is 0 Å². The number of halogens is 1. The van der Waals surface area contributed by atoms with Crippen LogP contribution in [0.15, 0.2) is 16.9 Å². The van der Waals surface area contributed by atoms with E-state index in [0.717, 1.165) is 25.1 Å². The van der Waals surface area contributed by atoms with Crippen LogP contribution in [0.4, 0.5) is 4.39 Å². The van der Waals surface area contributed by atoms with Crippen LogP contribution in [0.2, 0.25) is 0 Å². The van der Waals surface area contributed by atoms with Crippen LogP contribution in [0.25, 0.3) is 0 Å². The molecule has 1 aliphatic heterocycles. The SMILES string of the molecule is FCC1CCCN1Cc1ccon1. The van der Waals surface area contributed by atoms with E-state index in [9.17, 15) is 4.39 Å². The number of nitrogens with zero attached hydrogens (tertiary/aromatic N) is 2. The minimum atomic E-state index is -0.252. The monoisotopic (exact) mass is 184 g/mol. The van der Waals surface area contributed by atoms with Gasteiger partial charge in [-0.3, -0.25) is 4.90 Å². The maximum Gasteiger partial charge on any atom is 0.124 e. The lowest BCUT2D eigenvalue weighted by Crippen LogP contribution is -2.30. The molecule has 1 atom stereocenters. The molecule has 13 heavy (non-hydrogen) atoms. The lowest BCUT2D eigenvalue weighted by atomic mass is 10.2. The van der Waals surface area contributed by atoms with Gasteiger partial charge in [0.15, 0.2) is 0 Å². The average Bonchev–Trinajstić information content (AvgIpc) is 2.76. The van der Waals surface area contributed by atoms with Crippen LogP contribution in [0.1, 0.15) is 18.5 Å². The largest absolute Gasteiger partial charge is 0.364 e. The highest BCUT2D eigenvalue weighted by atomic mass is 19.1. The quantitative estimate of drug-likeness (QED) is 0.714. The topological polar surface area (TPSA) is 29.3 Å². The molecule has 72 valence electrons. The molecule has 2 heterocycles. The molecule has 1 aromatic heterocycles. The fraction of sp³-hybridized carbons (Fsp3) is 0.667. The molecule has 1 saturated heterocycles. The van der Waals surface area contributed by atoms with Gasteiger partial charge in [-0.05, 0) is 19.4 Å². The minimum absolute atomic E-state index is 0.0942. The van der Waals surface area contributed by atoms with Gasteiger partial charge in [0.2, 0.25) is 0 Å². The Morgan fingerprint density at radius 3 is 3.31 bits per heavy atom. The molecular weight excluding hydrogens is 171 g/mol. The van der Waals surface area contributed by atoms with Gasteiger partial charge in [-0.15, -0.1) is 0 Å². The Hall–Kier alpha value is -0.900. The Balaban J connectivity index is 1.94. The van der Waals surface area contributed by atoms with Gasteiger partial charge >= 0.3 is 0 Å². The molecule has 1 fully saturated rings. The summed E-state index contributed by atoms with van der Waals surface area (Å²) >= 11 is 0. The van der Waals surface area contributed by atoms with Crippen molar-refractivity contribution in [1.29, 1.82) is 0 Å². The second-order valence-corrected chi connectivity index (χ2v) is 3.41. The van der Waals surface area contributed by atoms with E-state index in [2.05, 4.69) is 10.1 Å². The standard InChI is InChI=1S/C9H13FN2O/c10-6-9-2-1-4-12(9)7-8-3-5-13-11-8/h3,5,9H,1-2,4,6-7H2. The molecule has 0 bridgehead atoms. The Kier molecular flexibility index (Phi) is 2.59. The van der Waals surface area contributed by atoms with Gasteiger partial charge in [0.05, 0.1) is 5.69 Å². The number of aromatic nitrogens is 1. The minimum Gasteiger partial charge on any atom is -0.364 e. The molecule has 0 amide bonds. The van der Waals surface area contributed by atoms with Crippen molar-refractivity contribution in [3.63, 3.8) is 0 Å². The summed E-state index contributed by atoms with van der Waals surface area (Å²) in [5.41, 5.74) is 0.889. The normalized spacial score (nSPS) is 23.9. The summed E-state index contributed by atoms with van der Waals surface area (Å²) in [6.45, 7) is 1.43. The van der Waals surface area contributed by atoms with Gasteiger partial charge in [0.25, 0.3) is 0 Å². The van der Waals surface area contributed by atoms with E-state index < -0.39 is 0 Å². The average molecular weight is 184 g/mol. The fourth-order valence-corrected chi connectivity index (χ4v) is 1.81. The Labute approximate surface area is 76.5 Å². The fourth-order valence-electron chi connectivity index (χ4n) is 1.81. The maximum absolute atomic E-state index is 12.5. The predicted molar refractivity (Wildman–Crippen MR) is 45.9 cm³/mol. The molecule has 0 N–H and O–H groups in total. The van der Waals surface area contributed by atoms with E-state index in [1.807, 2.05) is 6.07 Å². The second kappa shape index (κ2) is 3.87. The molecule has 4 heteroatoms. The van der Waals surface area contributed by atoms with Crippen molar-refractivity contribution >= 4 is 0 Å². The van der Waals surface area contributed by atoms with Crippen LogP contribution in [0, 0.1) is 0 Å². The first kappa shape index (κ1) is 8.69. The van der Waals surface area contributed by atoms with Crippen molar-refractivity contribution in [3.05, 3.63) is 18.0 Å². The number of hydrogen-bond donors (Lipinski definition) is 0. The van der Waals surface area contributed by atoms with Crippen LogP contribution in [0.3, 0.4) is 0 Å². The van der Waals surface area contributed by atoms with Gasteiger partial charge in [0.1, 0.15) is 12.9 Å². The van der Waals surface area contributed by atoms with Crippen molar-refractivity contribution in [2.45, 2.75) is 25.4 Å². The van der Waals surface area contributed by atoms with Crippen LogP contribution in [-0.2, 0) is 6.54 Å². The lowest BCUT2D eigenvalue weighted by molar-refractivity contribution is 0.202. The third-order valence-electron chi connectivity index (χ3n) is 2.53. The Morgan fingerprint density at radius 2 is 2.62 bits per heavy atom. The zero-order chi connectivity index (χ0) is 9.10. The third-order valence-corrected chi connectivity index (χ3v) is 2.53. The number of likely N-dealkylation sites (tertiary alicyclic amines) is 1. The van der Waals surface area contributed by atoms with Gasteiger partial charge in [-0.25, -0.2) is 4.39 Å². The van der Waals surface area contributed by atoms with Crippen molar-refractivity contribution in [2.75, 3.05) is 13.2 Å². The molecule has 1 unspecified atom stereocenters. The maximum atomic E-state index is 12.5. The number of hydrogen-bond acceptors (Lipinski definition) is 3. The zero-order valence-corrected chi connectivity index (χ0v) is 7.45. The summed E-state index contributed by atoms with van der Waals surface area (Å²) in [7, 11) is 0. The van der Waals surface area contributed by atoms with E-state index in [-0.39, 0.29) is 12.7 Å². The van der Waals surface area contributed by atoms with Crippen LogP contribution in [-0.4, -0.2) is 29.3 Å². The van der Waals surface area contributed by atoms with Crippen LogP contribution in [0.5, 0.6) is 0 Å². The molecule has 0 saturated carbocycles. The first-order valence-corrected chi connectivity index (χ1v) is 4.59. The summed E-state index contributed by atoms with van der Waals surface area (Å²) in [5, 5.41) is 3.81. The molecular formula is C9H13FN2O. The van der Waals surface area contributed by atoms with Gasteiger partial charge in [-0.2, -0.15) is 0 Å². The molecule has 3 nitrogen and oxygen atoms in total. The molecule has 0 radical (unpaired) electrons. The van der Waals surface area contributed by atoms with Gasteiger partial charge < -0.3 is 4.52 Å². The summed E-state index contributed by atoms with van der Waals surface area (Å²) in [6.07, 6.45) is 3.61. The highest BCUT2D eigenvalue weighted by Crippen LogP contribution is 2.19. The highest BCUT2D eigenvalue weighted by Gasteiger charge is 2.24. The first-order chi connectivity index (χ1) is 6.40. The first-order valence-electron chi connectivity index (χ1n) is 4.59. The van der Waals surface area contributed by atoms with Gasteiger partial charge in [-0.1, -0.05) is 5.16 Å². The van der Waals surface area contributed by atoms with E-state index >= 15 is 0 Å². The summed E-state index contributed by atoms with van der Waals surface area (Å²) in [6, 6.07) is 1.92. The summed E-state index contributed by atoms with van der Waals surface area (Å²) in [4.78, 5) is 2.12. The van der Waals surface area contributed by atoms with Crippen molar-refractivity contribution in [2.24, 2.45) is 0 Å². The van der Waals surface area contributed by atoms with E-state index in [4.69, 9.17) is 4.52 Å². The lowest BCUT2D eigenvalue weighted by Gasteiger charge is -2.20. The number of rotatable bonds is 3. The van der Waals surface area contributed by atoms with Gasteiger partial charge in [0, 0.05) is 18.7 Å². The van der Waals surface area contributed by atoms with E-state index in [0.29, 0.717) is 6.54 Å². The smallest absolute Gasteiger partial charge is 0.124 e. The zero-order valence-electron chi connectivity index (χ0n) is 7.45. The molecule has 1 aliphatic rings. The van der Waals surface area contributed by atoms with Crippen molar-refractivity contribution in [3.8, 4) is 0 Å². The summed E-state index contributed by atoms with van der Waals surface area (Å²) < 4.78 is 17.2.